The maximum atomic E-state index is 12.5. The van der Waals surface area contributed by atoms with Crippen LogP contribution in [0.15, 0.2) is 0 Å². The van der Waals surface area contributed by atoms with Crippen molar-refractivity contribution in [3.05, 3.63) is 0 Å². The van der Waals surface area contributed by atoms with E-state index >= 15 is 0 Å². The van der Waals surface area contributed by atoms with Gasteiger partial charge in [0.1, 0.15) is 5.92 Å². The number of rotatable bonds is 10. The second-order valence-electron chi connectivity index (χ2n) is 5.24. The van der Waals surface area contributed by atoms with Crippen LogP contribution in [0, 0.1) is 5.92 Å². The number of carbonyl (C=O) groups is 2. The minimum absolute atomic E-state index is 0.166. The molecule has 0 aromatic rings. The Bertz CT molecular complexity index is 328. The molecule has 0 fully saturated rings. The van der Waals surface area contributed by atoms with Gasteiger partial charge < -0.3 is 24.2 Å². The first-order valence-electron chi connectivity index (χ1n) is 7.96. The van der Waals surface area contributed by atoms with Gasteiger partial charge in [0.15, 0.2) is 0 Å². The Kier molecular flexibility index (Phi) is 9.50. The van der Waals surface area contributed by atoms with E-state index in [0.29, 0.717) is 26.2 Å². The quantitative estimate of drug-likeness (QED) is 0.387. The molecular formula is C14H30N2O5Si. The Hall–Kier alpha value is -0.963. The van der Waals surface area contributed by atoms with Crippen molar-refractivity contribution in [3.63, 3.8) is 0 Å². The molecular weight excluding hydrogens is 304 g/mol. The van der Waals surface area contributed by atoms with E-state index in [1.165, 1.54) is 0 Å². The van der Waals surface area contributed by atoms with Gasteiger partial charge >= 0.3 is 8.80 Å². The molecule has 0 bridgehead atoms. The minimum atomic E-state index is -4.13. The Morgan fingerprint density at radius 1 is 0.864 bits per heavy atom. The Labute approximate surface area is 133 Å². The zero-order valence-corrected chi connectivity index (χ0v) is 15.1. The molecule has 0 aliphatic rings. The lowest BCUT2D eigenvalue weighted by atomic mass is 9.99. The van der Waals surface area contributed by atoms with E-state index in [1.54, 1.807) is 9.80 Å². The molecule has 0 saturated heterocycles. The molecule has 8 heteroatoms. The molecule has 0 heterocycles. The summed E-state index contributed by atoms with van der Waals surface area (Å²) in [6.07, 6.45) is 0.432. The molecule has 0 aromatic heterocycles. The second-order valence-corrected chi connectivity index (χ2v) is 7.29. The summed E-state index contributed by atoms with van der Waals surface area (Å²) < 4.78 is 0. The third-order valence-corrected chi connectivity index (χ3v) is 4.78. The standard InChI is InChI=1S/C14H30N2O5Si/c1-5-15(6-2)13(17)12(10-9-11-22(19,20)21)14(18)16(7-3)8-4/h12,19-21H,5-11H2,1-4H3. The van der Waals surface area contributed by atoms with E-state index in [4.69, 9.17) is 14.4 Å². The summed E-state index contributed by atoms with van der Waals surface area (Å²) in [5.41, 5.74) is 0. The second kappa shape index (κ2) is 9.93. The normalized spacial score (nSPS) is 11.6. The summed E-state index contributed by atoms with van der Waals surface area (Å²) in [6, 6.07) is -0.166. The first kappa shape index (κ1) is 21.0. The number of hydrogen-bond donors (Lipinski definition) is 3. The van der Waals surface area contributed by atoms with E-state index in [-0.39, 0.29) is 30.7 Å². The molecule has 0 aliphatic heterocycles. The van der Waals surface area contributed by atoms with Gasteiger partial charge in [-0.1, -0.05) is 0 Å². The van der Waals surface area contributed by atoms with Gasteiger partial charge in [0.25, 0.3) is 0 Å². The van der Waals surface area contributed by atoms with Crippen LogP contribution in [-0.4, -0.2) is 71.0 Å². The fourth-order valence-corrected chi connectivity index (χ4v) is 3.09. The highest BCUT2D eigenvalue weighted by Gasteiger charge is 2.34. The van der Waals surface area contributed by atoms with E-state index in [0.717, 1.165) is 0 Å². The molecule has 0 unspecified atom stereocenters. The van der Waals surface area contributed by atoms with Crippen LogP contribution in [0.4, 0.5) is 0 Å². The Morgan fingerprint density at radius 2 is 1.23 bits per heavy atom. The zero-order valence-electron chi connectivity index (χ0n) is 14.1. The molecule has 0 aromatic carbocycles. The predicted octanol–water partition coefficient (Wildman–Crippen LogP) is 0.0354. The van der Waals surface area contributed by atoms with Gasteiger partial charge in [-0.25, -0.2) is 0 Å². The molecule has 0 radical (unpaired) electrons. The molecule has 0 saturated carbocycles. The number of hydrogen-bond acceptors (Lipinski definition) is 5. The molecule has 0 atom stereocenters. The van der Waals surface area contributed by atoms with Gasteiger partial charge in [0, 0.05) is 32.2 Å². The van der Waals surface area contributed by atoms with Crippen molar-refractivity contribution in [2.45, 2.75) is 46.6 Å². The van der Waals surface area contributed by atoms with Gasteiger partial charge in [-0.2, -0.15) is 0 Å². The molecule has 0 spiro atoms. The monoisotopic (exact) mass is 334 g/mol. The van der Waals surface area contributed by atoms with E-state index in [9.17, 15) is 9.59 Å². The van der Waals surface area contributed by atoms with Crippen molar-refractivity contribution in [1.29, 1.82) is 0 Å². The number of carbonyl (C=O) groups excluding carboxylic acids is 2. The predicted molar refractivity (Wildman–Crippen MR) is 85.8 cm³/mol. The van der Waals surface area contributed by atoms with Crippen molar-refractivity contribution in [2.24, 2.45) is 5.92 Å². The summed E-state index contributed by atoms with van der Waals surface area (Å²) in [7, 11) is -4.13. The van der Waals surface area contributed by atoms with Crippen LogP contribution in [0.25, 0.3) is 0 Å². The van der Waals surface area contributed by atoms with E-state index < -0.39 is 14.7 Å². The molecule has 130 valence electrons. The highest BCUT2D eigenvalue weighted by molar-refractivity contribution is 6.56. The highest BCUT2D eigenvalue weighted by Crippen LogP contribution is 2.18. The van der Waals surface area contributed by atoms with Crippen molar-refractivity contribution in [2.75, 3.05) is 26.2 Å². The average Bonchev–Trinajstić information content (AvgIpc) is 2.44. The topological polar surface area (TPSA) is 101 Å². The summed E-state index contributed by atoms with van der Waals surface area (Å²) in [6.45, 7) is 9.51. The summed E-state index contributed by atoms with van der Waals surface area (Å²) >= 11 is 0. The highest BCUT2D eigenvalue weighted by atomic mass is 28.4. The SMILES string of the molecule is CCN(CC)C(=O)C(CCC[Si](O)(O)O)C(=O)N(CC)CC. The maximum Gasteiger partial charge on any atom is 0.492 e. The lowest BCUT2D eigenvalue weighted by molar-refractivity contribution is -0.147. The van der Waals surface area contributed by atoms with E-state index in [2.05, 4.69) is 0 Å². The smallest absolute Gasteiger partial charge is 0.390 e. The van der Waals surface area contributed by atoms with Gasteiger partial charge in [0.05, 0.1) is 0 Å². The molecule has 2 amide bonds. The number of nitrogens with zero attached hydrogens (tertiary/aromatic N) is 2. The van der Waals surface area contributed by atoms with Gasteiger partial charge in [0.2, 0.25) is 11.8 Å². The van der Waals surface area contributed by atoms with Crippen LogP contribution in [-0.2, 0) is 9.59 Å². The molecule has 7 nitrogen and oxygen atoms in total. The summed E-state index contributed by atoms with van der Waals surface area (Å²) in [5.74, 6) is -1.29. The third-order valence-electron chi connectivity index (χ3n) is 3.75. The van der Waals surface area contributed by atoms with Crippen molar-refractivity contribution < 1.29 is 24.0 Å². The molecule has 0 aliphatic carbocycles. The lowest BCUT2D eigenvalue weighted by Gasteiger charge is -2.29. The minimum Gasteiger partial charge on any atom is -0.390 e. The average molecular weight is 334 g/mol. The van der Waals surface area contributed by atoms with Crippen LogP contribution >= 0.6 is 0 Å². The van der Waals surface area contributed by atoms with Crippen molar-refractivity contribution in [1.82, 2.24) is 9.80 Å². The Morgan fingerprint density at radius 3 is 1.50 bits per heavy atom. The fraction of sp³-hybridized carbons (Fsp3) is 0.857. The number of amides is 2. The first-order chi connectivity index (χ1) is 10.2. The molecule has 0 rings (SSSR count). The van der Waals surface area contributed by atoms with Crippen LogP contribution < -0.4 is 0 Å². The van der Waals surface area contributed by atoms with Crippen molar-refractivity contribution in [3.8, 4) is 0 Å². The van der Waals surface area contributed by atoms with Gasteiger partial charge in [-0.15, -0.1) is 0 Å². The van der Waals surface area contributed by atoms with Crippen LogP contribution in [0.1, 0.15) is 40.5 Å². The fourth-order valence-electron chi connectivity index (χ4n) is 2.41. The zero-order chi connectivity index (χ0) is 17.3. The van der Waals surface area contributed by atoms with E-state index in [1.807, 2.05) is 27.7 Å². The van der Waals surface area contributed by atoms with Crippen molar-refractivity contribution >= 4 is 20.6 Å². The van der Waals surface area contributed by atoms with Gasteiger partial charge in [-0.3, -0.25) is 9.59 Å². The van der Waals surface area contributed by atoms with Gasteiger partial charge in [-0.05, 0) is 40.5 Å². The molecule has 22 heavy (non-hydrogen) atoms. The van der Waals surface area contributed by atoms with Crippen LogP contribution in [0.5, 0.6) is 0 Å². The Balaban J connectivity index is 5.05. The third kappa shape index (κ3) is 6.86. The lowest BCUT2D eigenvalue weighted by Crippen LogP contribution is -2.45. The summed E-state index contributed by atoms with van der Waals surface area (Å²) in [5, 5.41) is 0. The maximum absolute atomic E-state index is 12.5. The van der Waals surface area contributed by atoms with Crippen LogP contribution in [0.2, 0.25) is 6.04 Å². The van der Waals surface area contributed by atoms with Crippen LogP contribution in [0.3, 0.4) is 0 Å². The largest absolute Gasteiger partial charge is 0.492 e. The molecule has 3 N–H and O–H groups in total. The first-order valence-corrected chi connectivity index (χ1v) is 10.0. The summed E-state index contributed by atoms with van der Waals surface area (Å²) in [4.78, 5) is 55.5.